The molecule has 0 radical (unpaired) electrons. The van der Waals surface area contributed by atoms with Crippen molar-refractivity contribution in [2.75, 3.05) is 0 Å². The van der Waals surface area contributed by atoms with Crippen molar-refractivity contribution in [1.29, 1.82) is 0 Å². The summed E-state index contributed by atoms with van der Waals surface area (Å²) in [4.78, 5) is 8.45. The van der Waals surface area contributed by atoms with Gasteiger partial charge in [0.1, 0.15) is 6.33 Å². The summed E-state index contributed by atoms with van der Waals surface area (Å²) in [7, 11) is -1.74. The molecule has 2 aromatic heterocycles. The Morgan fingerprint density at radius 2 is 1.79 bits per heavy atom. The summed E-state index contributed by atoms with van der Waals surface area (Å²) in [5, 5.41) is 10.1. The summed E-state index contributed by atoms with van der Waals surface area (Å²) in [6, 6.07) is 7.82. The fourth-order valence-corrected chi connectivity index (χ4v) is 2.65. The Hall–Kier alpha value is -2.08. The van der Waals surface area contributed by atoms with Crippen LogP contribution < -0.4 is 4.43 Å². The first kappa shape index (κ1) is 12.0. The summed E-state index contributed by atoms with van der Waals surface area (Å²) in [6.07, 6.45) is 1.47. The van der Waals surface area contributed by atoms with Crippen molar-refractivity contribution in [2.24, 2.45) is 0 Å². The molecule has 0 amide bonds. The van der Waals surface area contributed by atoms with Gasteiger partial charge in [-0.1, -0.05) is 18.2 Å². The Kier molecular flexibility index (Phi) is 2.67. The van der Waals surface area contributed by atoms with Crippen LogP contribution in [-0.2, 0) is 0 Å². The second-order valence-electron chi connectivity index (χ2n) is 5.31. The average molecular weight is 270 g/mol. The van der Waals surface area contributed by atoms with Gasteiger partial charge in [0, 0.05) is 5.39 Å². The molecule has 96 valence electrons. The van der Waals surface area contributed by atoms with E-state index in [1.165, 1.54) is 6.33 Å². The molecule has 0 spiro atoms. The third-order valence-electron chi connectivity index (χ3n) is 2.62. The van der Waals surface area contributed by atoms with E-state index in [-0.39, 0.29) is 0 Å². The predicted molar refractivity (Wildman–Crippen MR) is 76.6 cm³/mol. The van der Waals surface area contributed by atoms with E-state index in [0.29, 0.717) is 11.5 Å². The molecule has 0 fully saturated rings. The van der Waals surface area contributed by atoms with Gasteiger partial charge in [-0.3, -0.25) is 0 Å². The standard InChI is InChI=1S/C13H14N4OSi/c1-19(2,3)18-13-11-9-6-4-5-7-10(9)16-17-12(11)14-8-15-13/h4-8H,1-3H3. The van der Waals surface area contributed by atoms with Crippen molar-refractivity contribution in [2.45, 2.75) is 19.6 Å². The van der Waals surface area contributed by atoms with E-state index >= 15 is 0 Å². The minimum Gasteiger partial charge on any atom is -0.531 e. The molecule has 0 aliphatic heterocycles. The lowest BCUT2D eigenvalue weighted by Gasteiger charge is -2.19. The second kappa shape index (κ2) is 4.24. The van der Waals surface area contributed by atoms with Gasteiger partial charge in [-0.15, -0.1) is 10.2 Å². The van der Waals surface area contributed by atoms with Crippen molar-refractivity contribution >= 4 is 30.3 Å². The van der Waals surface area contributed by atoms with E-state index < -0.39 is 8.32 Å². The quantitative estimate of drug-likeness (QED) is 0.529. The predicted octanol–water partition coefficient (Wildman–Crippen LogP) is 2.79. The van der Waals surface area contributed by atoms with Crippen molar-refractivity contribution in [3.05, 3.63) is 30.6 Å². The Balaban J connectivity index is 2.36. The Bertz CT molecular complexity index is 754. The summed E-state index contributed by atoms with van der Waals surface area (Å²) in [5.74, 6) is 0.607. The fourth-order valence-electron chi connectivity index (χ4n) is 1.91. The monoisotopic (exact) mass is 270 g/mol. The third kappa shape index (κ3) is 2.26. The van der Waals surface area contributed by atoms with Crippen molar-refractivity contribution < 1.29 is 4.43 Å². The Morgan fingerprint density at radius 3 is 2.58 bits per heavy atom. The van der Waals surface area contributed by atoms with Gasteiger partial charge in [0.2, 0.25) is 14.2 Å². The van der Waals surface area contributed by atoms with E-state index in [0.717, 1.165) is 16.3 Å². The van der Waals surface area contributed by atoms with Crippen LogP contribution in [0.1, 0.15) is 0 Å². The third-order valence-corrected chi connectivity index (χ3v) is 3.43. The maximum Gasteiger partial charge on any atom is 0.244 e. The topological polar surface area (TPSA) is 60.8 Å². The average Bonchev–Trinajstić information content (AvgIpc) is 2.37. The number of nitrogens with zero attached hydrogens (tertiary/aromatic N) is 4. The Morgan fingerprint density at radius 1 is 1.00 bits per heavy atom. The van der Waals surface area contributed by atoms with Crippen molar-refractivity contribution in [1.82, 2.24) is 20.2 Å². The molecule has 0 bridgehead atoms. The minimum absolute atomic E-state index is 0.571. The molecule has 19 heavy (non-hydrogen) atoms. The van der Waals surface area contributed by atoms with E-state index in [2.05, 4.69) is 39.8 Å². The highest BCUT2D eigenvalue weighted by atomic mass is 28.4. The van der Waals surface area contributed by atoms with Gasteiger partial charge in [-0.25, -0.2) is 9.97 Å². The molecule has 0 atom stereocenters. The molecule has 6 heteroatoms. The van der Waals surface area contributed by atoms with E-state index in [4.69, 9.17) is 4.43 Å². The number of hydrogen-bond acceptors (Lipinski definition) is 5. The first-order valence-corrected chi connectivity index (χ1v) is 9.50. The molecule has 2 heterocycles. The number of benzene rings is 1. The normalized spacial score (nSPS) is 11.9. The van der Waals surface area contributed by atoms with Crippen LogP contribution in [0.2, 0.25) is 19.6 Å². The molecule has 0 saturated carbocycles. The molecule has 0 saturated heterocycles. The first-order valence-electron chi connectivity index (χ1n) is 6.10. The second-order valence-corrected chi connectivity index (χ2v) is 9.74. The maximum absolute atomic E-state index is 6.04. The first-order chi connectivity index (χ1) is 9.04. The van der Waals surface area contributed by atoms with Crippen LogP contribution in [0, 0.1) is 0 Å². The van der Waals surface area contributed by atoms with Gasteiger partial charge in [0.15, 0.2) is 5.65 Å². The smallest absolute Gasteiger partial charge is 0.244 e. The zero-order chi connectivity index (χ0) is 13.5. The van der Waals surface area contributed by atoms with Crippen molar-refractivity contribution in [3.63, 3.8) is 0 Å². The zero-order valence-electron chi connectivity index (χ0n) is 11.1. The van der Waals surface area contributed by atoms with Crippen LogP contribution >= 0.6 is 0 Å². The van der Waals surface area contributed by atoms with Gasteiger partial charge in [-0.2, -0.15) is 0 Å². The molecule has 0 N–H and O–H groups in total. The van der Waals surface area contributed by atoms with E-state index in [1.54, 1.807) is 0 Å². The van der Waals surface area contributed by atoms with E-state index in [9.17, 15) is 0 Å². The Labute approximate surface area is 111 Å². The van der Waals surface area contributed by atoms with Gasteiger partial charge in [-0.05, 0) is 25.7 Å². The van der Waals surface area contributed by atoms with Crippen LogP contribution in [0.4, 0.5) is 0 Å². The summed E-state index contributed by atoms with van der Waals surface area (Å²) in [6.45, 7) is 6.37. The summed E-state index contributed by atoms with van der Waals surface area (Å²) >= 11 is 0. The van der Waals surface area contributed by atoms with Gasteiger partial charge in [0.05, 0.1) is 10.9 Å². The highest BCUT2D eigenvalue weighted by Gasteiger charge is 2.20. The highest BCUT2D eigenvalue weighted by molar-refractivity contribution is 6.70. The number of hydrogen-bond donors (Lipinski definition) is 0. The zero-order valence-corrected chi connectivity index (χ0v) is 12.1. The SMILES string of the molecule is C[Si](C)(C)Oc1ncnc2nnc3ccccc3c12. The molecule has 0 aliphatic rings. The highest BCUT2D eigenvalue weighted by Crippen LogP contribution is 2.28. The van der Waals surface area contributed by atoms with Crippen LogP contribution in [0.25, 0.3) is 21.9 Å². The van der Waals surface area contributed by atoms with Gasteiger partial charge < -0.3 is 4.43 Å². The molecule has 3 aromatic rings. The molecule has 5 nitrogen and oxygen atoms in total. The van der Waals surface area contributed by atoms with Crippen LogP contribution in [-0.4, -0.2) is 28.5 Å². The fraction of sp³-hybridized carbons (Fsp3) is 0.231. The lowest BCUT2D eigenvalue weighted by Crippen LogP contribution is -2.29. The molecule has 1 aromatic carbocycles. The van der Waals surface area contributed by atoms with Crippen LogP contribution in [0.3, 0.4) is 0 Å². The molecule has 0 aliphatic carbocycles. The van der Waals surface area contributed by atoms with Crippen LogP contribution in [0.15, 0.2) is 30.6 Å². The lowest BCUT2D eigenvalue weighted by atomic mass is 10.2. The largest absolute Gasteiger partial charge is 0.531 e. The summed E-state index contributed by atoms with van der Waals surface area (Å²) < 4.78 is 6.04. The lowest BCUT2D eigenvalue weighted by molar-refractivity contribution is 0.540. The van der Waals surface area contributed by atoms with E-state index in [1.807, 2.05) is 24.3 Å². The number of fused-ring (bicyclic) bond motifs is 3. The maximum atomic E-state index is 6.04. The van der Waals surface area contributed by atoms with Gasteiger partial charge in [0.25, 0.3) is 0 Å². The van der Waals surface area contributed by atoms with Gasteiger partial charge >= 0.3 is 0 Å². The number of aromatic nitrogens is 4. The molecule has 0 unspecified atom stereocenters. The number of rotatable bonds is 2. The molecular formula is C13H14N4OSi. The van der Waals surface area contributed by atoms with Crippen molar-refractivity contribution in [3.8, 4) is 5.88 Å². The van der Waals surface area contributed by atoms with Crippen LogP contribution in [0.5, 0.6) is 5.88 Å². The summed E-state index contributed by atoms with van der Waals surface area (Å²) in [5.41, 5.74) is 1.40. The molecular weight excluding hydrogens is 256 g/mol. The minimum atomic E-state index is -1.74. The molecule has 3 rings (SSSR count).